The lowest BCUT2D eigenvalue weighted by Gasteiger charge is -2.06. The number of fused-ring (bicyclic) bond motifs is 1. The number of hydrogen-bond donors (Lipinski definition) is 2. The number of hydrogen-bond acceptors (Lipinski definition) is 4. The molecule has 27 heavy (non-hydrogen) atoms. The van der Waals surface area contributed by atoms with Crippen LogP contribution in [0.25, 0.3) is 22.2 Å². The number of nitrogen functional groups attached to an aromatic ring is 1. The van der Waals surface area contributed by atoms with E-state index < -0.39 is 17.4 Å². The van der Waals surface area contributed by atoms with Gasteiger partial charge in [-0.05, 0) is 36.4 Å². The summed E-state index contributed by atoms with van der Waals surface area (Å²) in [5.74, 6) is -2.00. The number of pyridine rings is 1. The van der Waals surface area contributed by atoms with Crippen molar-refractivity contribution in [3.63, 3.8) is 0 Å². The van der Waals surface area contributed by atoms with Crippen LogP contribution in [0, 0.1) is 11.6 Å². The largest absolute Gasteiger partial charge is 0.382 e. The van der Waals surface area contributed by atoms with Gasteiger partial charge in [0, 0.05) is 28.8 Å². The summed E-state index contributed by atoms with van der Waals surface area (Å²) >= 11 is 0. The van der Waals surface area contributed by atoms with Gasteiger partial charge in [0.15, 0.2) is 11.6 Å². The summed E-state index contributed by atoms with van der Waals surface area (Å²) in [4.78, 5) is 17.2. The number of aromatic amines is 1. The molecule has 2 heterocycles. The third kappa shape index (κ3) is 3.24. The quantitative estimate of drug-likeness (QED) is 0.518. The molecule has 3 N–H and O–H groups in total. The van der Waals surface area contributed by atoms with Crippen LogP contribution in [-0.2, 0) is 0 Å². The molecular formula is C19H13ClF2N4O. The van der Waals surface area contributed by atoms with Crippen LogP contribution < -0.4 is 5.73 Å². The number of carbonyl (C=O) groups excluding carboxylic acids is 1. The first-order chi connectivity index (χ1) is 12.5. The molecule has 0 aliphatic rings. The maximum Gasteiger partial charge on any atom is 0.199 e. The molecule has 0 saturated heterocycles. The highest BCUT2D eigenvalue weighted by Crippen LogP contribution is 2.30. The normalized spacial score (nSPS) is 10.6. The van der Waals surface area contributed by atoms with Gasteiger partial charge in [-0.2, -0.15) is 5.10 Å². The Kier molecular flexibility index (Phi) is 4.87. The second-order valence-corrected chi connectivity index (χ2v) is 5.72. The maximum atomic E-state index is 14.2. The van der Waals surface area contributed by atoms with Gasteiger partial charge in [-0.1, -0.05) is 6.07 Å². The molecule has 136 valence electrons. The third-order valence-corrected chi connectivity index (χ3v) is 4.09. The fraction of sp³-hybridized carbons (Fsp3) is 0. The monoisotopic (exact) mass is 386 g/mol. The molecule has 0 aliphatic carbocycles. The van der Waals surface area contributed by atoms with Crippen molar-refractivity contribution in [3.8, 4) is 11.3 Å². The number of anilines is 1. The molecule has 0 spiro atoms. The Morgan fingerprint density at radius 1 is 1.07 bits per heavy atom. The average molecular weight is 387 g/mol. The highest BCUT2D eigenvalue weighted by Gasteiger charge is 2.23. The van der Waals surface area contributed by atoms with E-state index in [1.54, 1.807) is 30.5 Å². The number of ketones is 1. The molecule has 2 aromatic carbocycles. The zero-order valence-electron chi connectivity index (χ0n) is 13.7. The first-order valence-electron chi connectivity index (χ1n) is 7.73. The number of nitrogens with one attached hydrogen (secondary N) is 1. The van der Waals surface area contributed by atoms with Crippen molar-refractivity contribution in [2.75, 3.05) is 5.73 Å². The summed E-state index contributed by atoms with van der Waals surface area (Å²) in [5.41, 5.74) is 7.11. The number of rotatable bonds is 3. The summed E-state index contributed by atoms with van der Waals surface area (Å²) in [6, 6.07) is 11.7. The predicted molar refractivity (Wildman–Crippen MR) is 101 cm³/mol. The molecule has 0 aliphatic heterocycles. The molecular weight excluding hydrogens is 374 g/mol. The summed E-state index contributed by atoms with van der Waals surface area (Å²) in [7, 11) is 0. The van der Waals surface area contributed by atoms with Crippen LogP contribution in [0.4, 0.5) is 14.6 Å². The number of halogens is 3. The minimum absolute atomic E-state index is 0. The molecule has 0 saturated carbocycles. The fourth-order valence-electron chi connectivity index (χ4n) is 2.83. The Morgan fingerprint density at radius 2 is 1.89 bits per heavy atom. The van der Waals surface area contributed by atoms with Crippen molar-refractivity contribution >= 4 is 34.9 Å². The molecule has 0 fully saturated rings. The number of benzene rings is 2. The number of nitrogens with two attached hydrogens (primary N) is 1. The van der Waals surface area contributed by atoms with E-state index in [0.717, 1.165) is 23.0 Å². The summed E-state index contributed by atoms with van der Waals surface area (Å²) in [6.07, 6.45) is 1.66. The fourth-order valence-corrected chi connectivity index (χ4v) is 2.83. The minimum atomic E-state index is -0.814. The van der Waals surface area contributed by atoms with Crippen LogP contribution in [0.5, 0.6) is 0 Å². The summed E-state index contributed by atoms with van der Waals surface area (Å²) < 4.78 is 27.3. The summed E-state index contributed by atoms with van der Waals surface area (Å²) in [5, 5.41) is 7.18. The zero-order valence-corrected chi connectivity index (χ0v) is 14.6. The number of carbonyl (C=O) groups is 1. The van der Waals surface area contributed by atoms with E-state index in [1.807, 2.05) is 6.07 Å². The van der Waals surface area contributed by atoms with Crippen LogP contribution in [0.15, 0.2) is 54.7 Å². The molecule has 5 nitrogen and oxygen atoms in total. The molecule has 0 bridgehead atoms. The molecule has 4 rings (SSSR count). The van der Waals surface area contributed by atoms with Crippen LogP contribution in [0.2, 0.25) is 0 Å². The highest BCUT2D eigenvalue weighted by atomic mass is 35.5. The van der Waals surface area contributed by atoms with Crippen LogP contribution in [0.3, 0.4) is 0 Å². The van der Waals surface area contributed by atoms with Gasteiger partial charge in [-0.15, -0.1) is 12.4 Å². The smallest absolute Gasteiger partial charge is 0.199 e. The van der Waals surface area contributed by atoms with E-state index in [1.165, 1.54) is 6.07 Å². The molecule has 2 aromatic heterocycles. The molecule has 0 unspecified atom stereocenters. The lowest BCUT2D eigenvalue weighted by molar-refractivity contribution is 0.104. The first-order valence-corrected chi connectivity index (χ1v) is 7.73. The minimum Gasteiger partial charge on any atom is -0.382 e. The molecule has 8 heteroatoms. The summed E-state index contributed by atoms with van der Waals surface area (Å²) in [6.45, 7) is 0. The van der Waals surface area contributed by atoms with Gasteiger partial charge >= 0.3 is 0 Å². The van der Waals surface area contributed by atoms with E-state index in [4.69, 9.17) is 5.73 Å². The van der Waals surface area contributed by atoms with E-state index in [-0.39, 0.29) is 35.0 Å². The van der Waals surface area contributed by atoms with Gasteiger partial charge in [0.05, 0.1) is 16.8 Å². The van der Waals surface area contributed by atoms with Crippen LogP contribution in [0.1, 0.15) is 15.9 Å². The van der Waals surface area contributed by atoms with Gasteiger partial charge in [0.25, 0.3) is 0 Å². The van der Waals surface area contributed by atoms with Crippen molar-refractivity contribution < 1.29 is 13.6 Å². The van der Waals surface area contributed by atoms with E-state index in [9.17, 15) is 13.6 Å². The van der Waals surface area contributed by atoms with E-state index >= 15 is 0 Å². The Bertz CT molecular complexity index is 1160. The standard InChI is InChI=1S/C19H12F2N4O.ClH/c20-12-4-5-13(14(21)9-12)17-16(19(22)25-24-17)18(26)11-3-6-15-10(8-11)2-1-7-23-15;/h1-9H,(H3,22,24,25);1H. The number of H-pyrrole nitrogens is 1. The molecule has 4 aromatic rings. The topological polar surface area (TPSA) is 84.7 Å². The SMILES string of the molecule is Cl.Nc1n[nH]c(-c2ccc(F)cc2F)c1C(=O)c1ccc2ncccc2c1. The molecule has 0 amide bonds. The van der Waals surface area contributed by atoms with Gasteiger partial charge in [0.1, 0.15) is 11.6 Å². The van der Waals surface area contributed by atoms with Gasteiger partial charge in [-0.25, -0.2) is 8.78 Å². The Balaban J connectivity index is 0.00000210. The first kappa shape index (κ1) is 18.5. The Labute approximate surface area is 158 Å². The Morgan fingerprint density at radius 3 is 2.67 bits per heavy atom. The zero-order chi connectivity index (χ0) is 18.3. The van der Waals surface area contributed by atoms with Crippen molar-refractivity contribution in [2.24, 2.45) is 0 Å². The molecule has 0 radical (unpaired) electrons. The van der Waals surface area contributed by atoms with Gasteiger partial charge in [-0.3, -0.25) is 14.9 Å². The molecule has 0 atom stereocenters. The van der Waals surface area contributed by atoms with Crippen molar-refractivity contribution in [3.05, 3.63) is 77.5 Å². The van der Waals surface area contributed by atoms with E-state index in [0.29, 0.717) is 5.56 Å². The number of aromatic nitrogens is 3. The second kappa shape index (κ2) is 7.13. The van der Waals surface area contributed by atoms with Crippen molar-refractivity contribution in [1.29, 1.82) is 0 Å². The van der Waals surface area contributed by atoms with Crippen LogP contribution in [-0.4, -0.2) is 21.0 Å². The highest BCUT2D eigenvalue weighted by molar-refractivity contribution is 6.16. The van der Waals surface area contributed by atoms with E-state index in [2.05, 4.69) is 15.2 Å². The van der Waals surface area contributed by atoms with Gasteiger partial charge in [0.2, 0.25) is 0 Å². The average Bonchev–Trinajstić information content (AvgIpc) is 3.02. The predicted octanol–water partition coefficient (Wildman–Crippen LogP) is 4.14. The second-order valence-electron chi connectivity index (χ2n) is 5.72. The maximum absolute atomic E-state index is 14.2. The van der Waals surface area contributed by atoms with Crippen LogP contribution >= 0.6 is 12.4 Å². The number of nitrogens with zero attached hydrogens (tertiary/aromatic N) is 2. The lowest BCUT2D eigenvalue weighted by atomic mass is 9.98. The van der Waals surface area contributed by atoms with Gasteiger partial charge < -0.3 is 5.73 Å². The Hall–Kier alpha value is -3.32. The third-order valence-electron chi connectivity index (χ3n) is 4.09. The van der Waals surface area contributed by atoms with Crippen molar-refractivity contribution in [2.45, 2.75) is 0 Å². The van der Waals surface area contributed by atoms with Crippen molar-refractivity contribution in [1.82, 2.24) is 15.2 Å². The lowest BCUT2D eigenvalue weighted by Crippen LogP contribution is -2.06.